The van der Waals surface area contributed by atoms with Gasteiger partial charge >= 0.3 is 12.3 Å². The van der Waals surface area contributed by atoms with Crippen molar-refractivity contribution in [3.8, 4) is 34.8 Å². The lowest BCUT2D eigenvalue weighted by molar-refractivity contribution is -0.493. The topological polar surface area (TPSA) is 303 Å². The maximum atomic E-state index is 15.1. The van der Waals surface area contributed by atoms with Gasteiger partial charge in [0.1, 0.15) is 19.8 Å². The summed E-state index contributed by atoms with van der Waals surface area (Å²) in [5.74, 6) is -1.44. The summed E-state index contributed by atoms with van der Waals surface area (Å²) in [7, 11) is -3.42. The van der Waals surface area contributed by atoms with Crippen molar-refractivity contribution in [1.29, 1.82) is 0 Å². The minimum Gasteiger partial charge on any atom is -0.493 e. The van der Waals surface area contributed by atoms with Crippen LogP contribution >= 0.6 is 0 Å². The first kappa shape index (κ1) is 53.5. The Morgan fingerprint density at radius 2 is 1.28 bits per heavy atom. The van der Waals surface area contributed by atoms with Gasteiger partial charge in [0.2, 0.25) is 11.6 Å². The van der Waals surface area contributed by atoms with Crippen LogP contribution in [0.2, 0.25) is 0 Å². The monoisotopic (exact) mass is 965 g/mol. The van der Waals surface area contributed by atoms with Crippen molar-refractivity contribution in [3.05, 3.63) is 72.6 Å². The zero-order valence-corrected chi connectivity index (χ0v) is 38.3. The number of carbonyl (C=O) groups is 2. The molecule has 368 valence electrons. The van der Waals surface area contributed by atoms with Crippen LogP contribution in [-0.2, 0) is 48.8 Å². The molecule has 1 unspecified atom stereocenters. The Bertz CT molecular complexity index is 2240. The molecule has 2 aromatic carbocycles. The van der Waals surface area contributed by atoms with E-state index in [-0.39, 0.29) is 91.7 Å². The quantitative estimate of drug-likeness (QED) is 0.0224. The minimum atomic E-state index is -4.80. The number of anilines is 1. The summed E-state index contributed by atoms with van der Waals surface area (Å²) in [5.41, 5.74) is 0.471. The molecule has 1 atom stereocenters. The lowest BCUT2D eigenvalue weighted by Crippen LogP contribution is -2.42. The van der Waals surface area contributed by atoms with Gasteiger partial charge in [0.05, 0.1) is 55.8 Å². The number of carbonyl (C=O) groups excluding carboxylic acids is 2. The number of nitrogens with zero attached hydrogens (tertiary/aromatic N) is 7. The first-order valence-electron chi connectivity index (χ1n) is 20.6. The Morgan fingerprint density at radius 3 is 1.94 bits per heavy atom. The second-order valence-corrected chi connectivity index (χ2v) is 16.5. The molecule has 0 saturated heterocycles. The summed E-state index contributed by atoms with van der Waals surface area (Å²) in [6, 6.07) is 14.0. The number of sulfonamides is 1. The van der Waals surface area contributed by atoms with Gasteiger partial charge in [-0.15, -0.1) is 0 Å². The lowest BCUT2D eigenvalue weighted by atomic mass is 9.87. The Hall–Kier alpha value is -6.07. The molecular weight excluding hydrogens is 911 g/mol. The minimum absolute atomic E-state index is 0.0370. The highest BCUT2D eigenvalue weighted by Gasteiger charge is 2.39. The van der Waals surface area contributed by atoms with E-state index in [0.29, 0.717) is 30.0 Å². The van der Waals surface area contributed by atoms with E-state index in [0.717, 1.165) is 5.56 Å². The van der Waals surface area contributed by atoms with Crippen LogP contribution in [-0.4, -0.2) is 138 Å². The van der Waals surface area contributed by atoms with Crippen molar-refractivity contribution in [2.75, 3.05) is 64.3 Å². The first-order valence-corrected chi connectivity index (χ1v) is 22.1. The van der Waals surface area contributed by atoms with Crippen LogP contribution in [0.15, 0.2) is 71.9 Å². The van der Waals surface area contributed by atoms with Gasteiger partial charge in [-0.3, -0.25) is 25.7 Å². The molecule has 25 nitrogen and oxygen atoms in total. The number of benzene rings is 2. The number of hydrogen-bond donors (Lipinski definition) is 4. The van der Waals surface area contributed by atoms with Gasteiger partial charge in [-0.2, -0.15) is 4.98 Å². The SMILES string of the molecule is COc1ccccc1Oc1c(OCCOC(=O)OCCCCCCON(O)O)nc(-c2ncccn2)nc1N(C(C)OC(=O)OCCOCCON(O)O)S(=O)(=O)c1ccc(C(C)(C)C)cc1. The molecule has 4 N–H and O–H groups in total. The lowest BCUT2D eigenvalue weighted by Gasteiger charge is -2.30. The average molecular weight is 966 g/mol. The van der Waals surface area contributed by atoms with Crippen molar-refractivity contribution in [1.82, 2.24) is 30.7 Å². The summed E-state index contributed by atoms with van der Waals surface area (Å²) in [5, 5.41) is 33.7. The van der Waals surface area contributed by atoms with Gasteiger partial charge in [-0.05, 0) is 67.5 Å². The number of ether oxygens (including phenoxy) is 8. The van der Waals surface area contributed by atoms with E-state index in [4.69, 9.17) is 58.7 Å². The molecule has 0 aliphatic heterocycles. The second kappa shape index (κ2) is 26.9. The summed E-state index contributed by atoms with van der Waals surface area (Å²) in [4.78, 5) is 51.9. The molecule has 0 amide bonds. The highest BCUT2D eigenvalue weighted by molar-refractivity contribution is 7.92. The van der Waals surface area contributed by atoms with E-state index >= 15 is 8.42 Å². The molecular formula is C41H55N7O18S. The molecule has 0 radical (unpaired) electrons. The smallest absolute Gasteiger partial charge is 0.493 e. The molecule has 0 fully saturated rings. The van der Waals surface area contributed by atoms with Crippen molar-refractivity contribution < 1.29 is 86.4 Å². The molecule has 26 heteroatoms. The first-order chi connectivity index (χ1) is 32.0. The third-order valence-electron chi connectivity index (χ3n) is 8.84. The van der Waals surface area contributed by atoms with Gasteiger partial charge in [0.25, 0.3) is 15.9 Å². The van der Waals surface area contributed by atoms with E-state index in [9.17, 15) is 9.59 Å². The van der Waals surface area contributed by atoms with Crippen LogP contribution in [0.4, 0.5) is 15.4 Å². The molecule has 4 rings (SSSR count). The van der Waals surface area contributed by atoms with Crippen LogP contribution in [0.1, 0.15) is 58.9 Å². The highest BCUT2D eigenvalue weighted by Crippen LogP contribution is 2.44. The largest absolute Gasteiger partial charge is 0.510 e. The molecule has 4 aromatic rings. The van der Waals surface area contributed by atoms with Gasteiger partial charge in [0, 0.05) is 12.4 Å². The fourth-order valence-corrected chi connectivity index (χ4v) is 7.15. The number of aromatic nitrogens is 4. The number of unbranched alkanes of at least 4 members (excludes halogenated alkanes) is 3. The molecule has 0 saturated carbocycles. The number of methoxy groups -OCH3 is 1. The zero-order valence-electron chi connectivity index (χ0n) is 37.5. The van der Waals surface area contributed by atoms with Crippen LogP contribution in [0.3, 0.4) is 0 Å². The second-order valence-electron chi connectivity index (χ2n) is 14.7. The Kier molecular flexibility index (Phi) is 21.5. The average Bonchev–Trinajstić information content (AvgIpc) is 3.29. The molecule has 0 spiro atoms. The predicted octanol–water partition coefficient (Wildman–Crippen LogP) is 5.86. The maximum absolute atomic E-state index is 15.1. The van der Waals surface area contributed by atoms with E-state index < -0.39 is 51.4 Å². The summed E-state index contributed by atoms with van der Waals surface area (Å²) in [6.07, 6.45) is 1.08. The highest BCUT2D eigenvalue weighted by atomic mass is 32.2. The normalized spacial score (nSPS) is 12.1. The van der Waals surface area contributed by atoms with Gasteiger partial charge in [-0.1, -0.05) is 51.5 Å². The molecule has 2 aromatic heterocycles. The van der Waals surface area contributed by atoms with E-state index in [2.05, 4.69) is 29.6 Å². The zero-order chi connectivity index (χ0) is 48.8. The number of rotatable bonds is 28. The molecule has 0 bridgehead atoms. The van der Waals surface area contributed by atoms with Crippen molar-refractivity contribution in [2.24, 2.45) is 0 Å². The van der Waals surface area contributed by atoms with Crippen molar-refractivity contribution >= 4 is 28.2 Å². The Balaban J connectivity index is 1.73. The summed E-state index contributed by atoms with van der Waals surface area (Å²) < 4.78 is 75.0. The Labute approximate surface area is 386 Å². The third kappa shape index (κ3) is 17.6. The van der Waals surface area contributed by atoms with Crippen LogP contribution in [0.25, 0.3) is 11.6 Å². The van der Waals surface area contributed by atoms with Gasteiger partial charge in [0.15, 0.2) is 29.4 Å². The van der Waals surface area contributed by atoms with E-state index in [1.165, 1.54) is 50.7 Å². The molecule has 0 aliphatic carbocycles. The van der Waals surface area contributed by atoms with E-state index in [1.54, 1.807) is 30.3 Å². The van der Waals surface area contributed by atoms with E-state index in [1.807, 2.05) is 20.8 Å². The van der Waals surface area contributed by atoms with Gasteiger partial charge < -0.3 is 37.9 Å². The molecule has 0 aliphatic rings. The van der Waals surface area contributed by atoms with Crippen molar-refractivity contribution in [3.63, 3.8) is 0 Å². The molecule has 67 heavy (non-hydrogen) atoms. The fourth-order valence-electron chi connectivity index (χ4n) is 5.65. The Morgan fingerprint density at radius 1 is 0.687 bits per heavy atom. The van der Waals surface area contributed by atoms with Crippen LogP contribution in [0.5, 0.6) is 23.1 Å². The third-order valence-corrected chi connectivity index (χ3v) is 10.7. The predicted molar refractivity (Wildman–Crippen MR) is 228 cm³/mol. The standard InChI is InChI=1S/C41H55N7O18S/c1-29(65-40(50)62-25-23-58-24-28-64-48(53)54)46(67(55,56)31-17-15-30(16-18-31)41(2,3)4)37-34(66-33-14-9-8-13-32(33)57-5)38(45-36(44-37)35-42-19-12-20-43-35)59-26-27-61-39(49)60-21-10-6-7-11-22-63-47(51)52/h8-9,12-20,29,51-54H,6-7,10-11,21-28H2,1-5H3. The van der Waals surface area contributed by atoms with Crippen LogP contribution in [0, 0.1) is 0 Å². The van der Waals surface area contributed by atoms with Crippen LogP contribution < -0.4 is 18.5 Å². The van der Waals surface area contributed by atoms with Crippen molar-refractivity contribution in [2.45, 2.75) is 69.9 Å². The summed E-state index contributed by atoms with van der Waals surface area (Å²) >= 11 is 0. The maximum Gasteiger partial charge on any atom is 0.510 e. The summed E-state index contributed by atoms with van der Waals surface area (Å²) in [6.45, 7) is 5.59. The molecule has 2 heterocycles. The van der Waals surface area contributed by atoms with Gasteiger partial charge in [-0.25, -0.2) is 42.1 Å². The fraction of sp³-hybridized carbons (Fsp3) is 0.463. The number of para-hydroxylation sites is 2. The number of hydrogen-bond acceptors (Lipinski definition) is 24.